The smallest absolute Gasteiger partial charge is 0.303 e. The minimum absolute atomic E-state index is 0.0186. The average Bonchev–Trinajstić information content (AvgIpc) is 3.18. The molecule has 0 radical (unpaired) electrons. The Balaban J connectivity index is 1.70. The summed E-state index contributed by atoms with van der Waals surface area (Å²) in [5, 5.41) is 23.8. The Morgan fingerprint density at radius 3 is 2.96 bits per heavy atom. The van der Waals surface area contributed by atoms with Crippen molar-refractivity contribution in [3.8, 4) is 0 Å². The Bertz CT molecular complexity index is 652. The maximum absolute atomic E-state index is 11.1. The topological polar surface area (TPSA) is 108 Å². The first-order chi connectivity index (χ1) is 11.0. The van der Waals surface area contributed by atoms with Crippen LogP contribution in [0.3, 0.4) is 0 Å². The number of nitrogens with zero attached hydrogens (tertiary/aromatic N) is 4. The van der Waals surface area contributed by atoms with Gasteiger partial charge in [-0.3, -0.25) is 9.69 Å². The second-order valence-corrected chi connectivity index (χ2v) is 6.43. The number of carboxylic acid groups (broad SMARTS) is 1. The number of nitrogens with one attached hydrogen (secondary N) is 1. The number of carboxylic acids is 1. The number of aromatic amines is 1. The molecule has 1 fully saturated rings. The third kappa shape index (κ3) is 3.58. The second kappa shape index (κ2) is 6.49. The summed E-state index contributed by atoms with van der Waals surface area (Å²) in [5.74, 6) is 0.437. The molecule has 1 aliphatic rings. The zero-order chi connectivity index (χ0) is 16.4. The molecule has 0 amide bonds. The van der Waals surface area contributed by atoms with Gasteiger partial charge in [0.2, 0.25) is 0 Å². The van der Waals surface area contributed by atoms with Gasteiger partial charge in [0.1, 0.15) is 0 Å². The minimum Gasteiger partial charge on any atom is -0.481 e. The lowest BCUT2D eigenvalue weighted by Crippen LogP contribution is -2.20. The Morgan fingerprint density at radius 1 is 1.52 bits per heavy atom. The predicted molar refractivity (Wildman–Crippen MR) is 80.7 cm³/mol. The van der Waals surface area contributed by atoms with Crippen molar-refractivity contribution in [2.45, 2.75) is 38.6 Å². The van der Waals surface area contributed by atoms with Crippen LogP contribution in [0.1, 0.15) is 49.3 Å². The van der Waals surface area contributed by atoms with E-state index in [1.807, 2.05) is 6.07 Å². The van der Waals surface area contributed by atoms with Crippen LogP contribution >= 0.6 is 0 Å². The van der Waals surface area contributed by atoms with Crippen LogP contribution in [-0.4, -0.2) is 49.6 Å². The Morgan fingerprint density at radius 2 is 2.35 bits per heavy atom. The van der Waals surface area contributed by atoms with Crippen molar-refractivity contribution in [3.05, 3.63) is 29.4 Å². The van der Waals surface area contributed by atoms with E-state index < -0.39 is 5.97 Å². The molecule has 2 aromatic rings. The quantitative estimate of drug-likeness (QED) is 0.832. The lowest BCUT2D eigenvalue weighted by molar-refractivity contribution is -0.138. The molecule has 2 atom stereocenters. The Hall–Kier alpha value is -2.22. The maximum atomic E-state index is 11.1. The molecule has 1 aliphatic heterocycles. The number of rotatable bonds is 6. The molecule has 0 aromatic carbocycles. The molecule has 0 bridgehead atoms. The van der Waals surface area contributed by atoms with E-state index in [9.17, 15) is 4.79 Å². The van der Waals surface area contributed by atoms with E-state index in [1.165, 1.54) is 0 Å². The van der Waals surface area contributed by atoms with Gasteiger partial charge in [-0.2, -0.15) is 15.4 Å². The molecular formula is C15H21N5O3. The average molecular weight is 319 g/mol. The first-order valence-electron chi connectivity index (χ1n) is 7.78. The minimum atomic E-state index is -0.785. The fourth-order valence-electron chi connectivity index (χ4n) is 3.14. The lowest BCUT2D eigenvalue weighted by atomic mass is 9.91. The monoisotopic (exact) mass is 319 g/mol. The first kappa shape index (κ1) is 15.7. The third-order valence-electron chi connectivity index (χ3n) is 4.32. The van der Waals surface area contributed by atoms with Gasteiger partial charge in [-0.1, -0.05) is 19.0 Å². The van der Waals surface area contributed by atoms with E-state index >= 15 is 0 Å². The highest BCUT2D eigenvalue weighted by Crippen LogP contribution is 2.34. The molecule has 0 spiro atoms. The van der Waals surface area contributed by atoms with Crippen LogP contribution in [-0.2, 0) is 11.3 Å². The van der Waals surface area contributed by atoms with Crippen LogP contribution < -0.4 is 0 Å². The van der Waals surface area contributed by atoms with E-state index in [1.54, 1.807) is 6.20 Å². The summed E-state index contributed by atoms with van der Waals surface area (Å²) in [6, 6.07) is 1.97. The van der Waals surface area contributed by atoms with Gasteiger partial charge in [-0.25, -0.2) is 0 Å². The number of H-pyrrole nitrogens is 1. The molecule has 8 nitrogen and oxygen atoms in total. The van der Waals surface area contributed by atoms with Gasteiger partial charge >= 0.3 is 5.97 Å². The van der Waals surface area contributed by atoms with Gasteiger partial charge < -0.3 is 9.63 Å². The highest BCUT2D eigenvalue weighted by atomic mass is 16.5. The maximum Gasteiger partial charge on any atom is 0.303 e. The summed E-state index contributed by atoms with van der Waals surface area (Å²) < 4.78 is 5.39. The van der Waals surface area contributed by atoms with Gasteiger partial charge in [0, 0.05) is 25.1 Å². The number of aliphatic carboxylic acids is 1. The number of hydrogen-bond acceptors (Lipinski definition) is 6. The van der Waals surface area contributed by atoms with E-state index in [0.29, 0.717) is 19.0 Å². The molecule has 2 N–H and O–H groups in total. The van der Waals surface area contributed by atoms with Crippen LogP contribution in [0.4, 0.5) is 0 Å². The predicted octanol–water partition coefficient (Wildman–Crippen LogP) is 1.61. The van der Waals surface area contributed by atoms with Gasteiger partial charge in [-0.15, -0.1) is 0 Å². The van der Waals surface area contributed by atoms with Crippen LogP contribution in [0.25, 0.3) is 0 Å². The number of aromatic nitrogens is 4. The number of carbonyl (C=O) groups is 1. The molecule has 124 valence electrons. The zero-order valence-electron chi connectivity index (χ0n) is 13.3. The van der Waals surface area contributed by atoms with E-state index in [-0.39, 0.29) is 18.3 Å². The van der Waals surface area contributed by atoms with Crippen molar-refractivity contribution in [1.82, 2.24) is 25.5 Å². The summed E-state index contributed by atoms with van der Waals surface area (Å²) in [5.41, 5.74) is 1.76. The van der Waals surface area contributed by atoms with Crippen LogP contribution in [0.15, 0.2) is 16.8 Å². The lowest BCUT2D eigenvalue weighted by Gasteiger charge is -2.12. The van der Waals surface area contributed by atoms with Gasteiger partial charge in [0.15, 0.2) is 5.76 Å². The second-order valence-electron chi connectivity index (χ2n) is 6.43. The molecule has 23 heavy (non-hydrogen) atoms. The highest BCUT2D eigenvalue weighted by Gasteiger charge is 2.36. The summed E-state index contributed by atoms with van der Waals surface area (Å²) in [6.45, 7) is 6.20. The normalized spacial score (nSPS) is 22.0. The summed E-state index contributed by atoms with van der Waals surface area (Å²) in [7, 11) is 0. The number of likely N-dealkylation sites (tertiary alicyclic amines) is 1. The van der Waals surface area contributed by atoms with Crippen LogP contribution in [0.5, 0.6) is 0 Å². The number of hydrogen-bond donors (Lipinski definition) is 2. The highest BCUT2D eigenvalue weighted by molar-refractivity contribution is 5.67. The van der Waals surface area contributed by atoms with E-state index in [2.05, 4.69) is 39.3 Å². The third-order valence-corrected chi connectivity index (χ3v) is 4.32. The fraction of sp³-hybridized carbons (Fsp3) is 0.600. The van der Waals surface area contributed by atoms with Gasteiger partial charge in [-0.05, 0) is 11.8 Å². The van der Waals surface area contributed by atoms with Crippen LogP contribution in [0, 0.1) is 5.92 Å². The largest absolute Gasteiger partial charge is 0.481 e. The standard InChI is InChI=1S/C15H21N5O3/c1-9(2)13-4-11(23-18-13)7-20-6-10(3-15(21)22)12(8-20)14-5-16-19-17-14/h4-5,9-10,12H,3,6-8H2,1-2H3,(H,21,22)(H,16,17,19)/t10-,12+/m1/s1. The summed E-state index contributed by atoms with van der Waals surface area (Å²) >= 11 is 0. The molecular weight excluding hydrogens is 298 g/mol. The van der Waals surface area contributed by atoms with E-state index in [0.717, 1.165) is 23.7 Å². The molecule has 2 aromatic heterocycles. The van der Waals surface area contributed by atoms with Gasteiger partial charge in [0.05, 0.1) is 30.6 Å². The van der Waals surface area contributed by atoms with Crippen molar-refractivity contribution in [2.75, 3.05) is 13.1 Å². The SMILES string of the molecule is CC(C)c1cc(CN2C[C@@H](CC(=O)O)[C@@H](c3cn[nH]n3)C2)on1. The fourth-order valence-corrected chi connectivity index (χ4v) is 3.14. The molecule has 0 unspecified atom stereocenters. The van der Waals surface area contributed by atoms with Crippen molar-refractivity contribution in [1.29, 1.82) is 0 Å². The summed E-state index contributed by atoms with van der Waals surface area (Å²) in [6.07, 6.45) is 1.80. The molecule has 3 rings (SSSR count). The molecule has 0 saturated carbocycles. The zero-order valence-corrected chi connectivity index (χ0v) is 13.3. The Kier molecular flexibility index (Phi) is 4.42. The van der Waals surface area contributed by atoms with Crippen molar-refractivity contribution >= 4 is 5.97 Å². The molecule has 0 aliphatic carbocycles. The molecule has 1 saturated heterocycles. The van der Waals surface area contributed by atoms with Crippen molar-refractivity contribution in [2.24, 2.45) is 5.92 Å². The summed E-state index contributed by atoms with van der Waals surface area (Å²) in [4.78, 5) is 13.3. The van der Waals surface area contributed by atoms with Crippen LogP contribution in [0.2, 0.25) is 0 Å². The van der Waals surface area contributed by atoms with Gasteiger partial charge in [0.25, 0.3) is 0 Å². The Labute approximate surface area is 133 Å². The molecule has 8 heteroatoms. The van der Waals surface area contributed by atoms with Crippen molar-refractivity contribution < 1.29 is 14.4 Å². The first-order valence-corrected chi connectivity index (χ1v) is 7.78. The van der Waals surface area contributed by atoms with E-state index in [4.69, 9.17) is 9.63 Å². The van der Waals surface area contributed by atoms with Crippen molar-refractivity contribution in [3.63, 3.8) is 0 Å². The molecule has 3 heterocycles.